The van der Waals surface area contributed by atoms with Gasteiger partial charge in [-0.2, -0.15) is 0 Å². The van der Waals surface area contributed by atoms with Gasteiger partial charge in [-0.25, -0.2) is 23.4 Å². The average molecular weight is 503 g/mol. The first-order valence-electron chi connectivity index (χ1n) is 11.9. The maximum atomic E-state index is 13.4. The number of pyridine rings is 3. The van der Waals surface area contributed by atoms with E-state index < -0.39 is 20.1 Å². The minimum atomic E-state index is -3.47. The van der Waals surface area contributed by atoms with Crippen LogP contribution in [-0.4, -0.2) is 46.3 Å². The zero-order valence-corrected chi connectivity index (χ0v) is 20.9. The molecule has 0 unspecified atom stereocenters. The van der Waals surface area contributed by atoms with Crippen LogP contribution in [0.25, 0.3) is 10.9 Å². The number of amidine groups is 1. The molecule has 1 aliphatic heterocycles. The van der Waals surface area contributed by atoms with Gasteiger partial charge in [0.2, 0.25) is 0 Å². The number of aromatic nitrogens is 3. The molecule has 1 spiro atoms. The van der Waals surface area contributed by atoms with Gasteiger partial charge in [0, 0.05) is 24.2 Å². The molecule has 2 aliphatic carbocycles. The lowest BCUT2D eigenvalue weighted by molar-refractivity contribution is 0.369. The van der Waals surface area contributed by atoms with Crippen LogP contribution in [0.3, 0.4) is 0 Å². The molecule has 0 radical (unpaired) electrons. The molecule has 0 aromatic carbocycles. The van der Waals surface area contributed by atoms with Crippen LogP contribution in [0, 0.1) is 17.8 Å². The molecule has 3 aromatic rings. The SMILES string of the molecule is CC#CCOc1cnc2c(Nc3cc4c(cn3)C[C@]43CS(=O)(=O)[C@@](C)(C4CC4)C(N)=N3)nccc2c1. The number of nitrogens with zero attached hydrogens (tertiary/aromatic N) is 4. The normalized spacial score (nSPS) is 25.8. The van der Waals surface area contributed by atoms with Crippen molar-refractivity contribution in [1.82, 2.24) is 15.0 Å². The number of sulfone groups is 1. The van der Waals surface area contributed by atoms with E-state index in [9.17, 15) is 8.42 Å². The number of hydrogen-bond acceptors (Lipinski definition) is 9. The lowest BCUT2D eigenvalue weighted by atomic mass is 9.72. The second kappa shape index (κ2) is 7.90. The fourth-order valence-electron chi connectivity index (χ4n) is 5.28. The zero-order valence-electron chi connectivity index (χ0n) is 20.1. The Hall–Kier alpha value is -3.71. The molecule has 0 bridgehead atoms. The molecule has 6 rings (SSSR count). The van der Waals surface area contributed by atoms with Gasteiger partial charge < -0.3 is 15.8 Å². The van der Waals surface area contributed by atoms with Gasteiger partial charge in [0.25, 0.3) is 0 Å². The molecular formula is C26H26N6O3S. The predicted octanol–water partition coefficient (Wildman–Crippen LogP) is 2.88. The zero-order chi connectivity index (χ0) is 25.1. The molecule has 0 amide bonds. The first kappa shape index (κ1) is 22.7. The van der Waals surface area contributed by atoms with Crippen molar-refractivity contribution in [2.45, 2.75) is 43.4 Å². The molecule has 3 aliphatic rings. The smallest absolute Gasteiger partial charge is 0.165 e. The van der Waals surface area contributed by atoms with Crippen molar-refractivity contribution in [3.8, 4) is 17.6 Å². The summed E-state index contributed by atoms with van der Waals surface area (Å²) in [6.07, 6.45) is 7.33. The third kappa shape index (κ3) is 3.41. The molecule has 1 saturated carbocycles. The molecule has 184 valence electrons. The third-order valence-corrected chi connectivity index (χ3v) is 10.2. The second-order valence-corrected chi connectivity index (χ2v) is 12.2. The maximum Gasteiger partial charge on any atom is 0.165 e. The molecule has 36 heavy (non-hydrogen) atoms. The van der Waals surface area contributed by atoms with Crippen molar-refractivity contribution >= 4 is 38.2 Å². The monoisotopic (exact) mass is 502 g/mol. The van der Waals surface area contributed by atoms with E-state index in [1.54, 1.807) is 32.4 Å². The predicted molar refractivity (Wildman–Crippen MR) is 138 cm³/mol. The van der Waals surface area contributed by atoms with Crippen LogP contribution in [-0.2, 0) is 21.8 Å². The van der Waals surface area contributed by atoms with Gasteiger partial charge in [-0.15, -0.1) is 5.92 Å². The summed E-state index contributed by atoms with van der Waals surface area (Å²) in [5, 5.41) is 4.09. The molecule has 10 heteroatoms. The van der Waals surface area contributed by atoms with E-state index in [-0.39, 0.29) is 17.5 Å². The van der Waals surface area contributed by atoms with Crippen molar-refractivity contribution < 1.29 is 13.2 Å². The van der Waals surface area contributed by atoms with Crippen LogP contribution in [0.2, 0.25) is 0 Å². The lowest BCUT2D eigenvalue weighted by Crippen LogP contribution is -2.60. The minimum Gasteiger partial charge on any atom is -0.479 e. The van der Waals surface area contributed by atoms with E-state index in [1.807, 2.05) is 18.2 Å². The Morgan fingerprint density at radius 3 is 2.81 bits per heavy atom. The van der Waals surface area contributed by atoms with Crippen molar-refractivity contribution in [3.05, 3.63) is 47.9 Å². The van der Waals surface area contributed by atoms with E-state index in [2.05, 4.69) is 32.1 Å². The Bertz CT molecular complexity index is 1600. The van der Waals surface area contributed by atoms with E-state index in [1.165, 1.54) is 0 Å². The number of nitrogens with two attached hydrogens (primary N) is 1. The molecule has 9 nitrogen and oxygen atoms in total. The summed E-state index contributed by atoms with van der Waals surface area (Å²) < 4.78 is 31.4. The number of ether oxygens (including phenoxy) is 1. The summed E-state index contributed by atoms with van der Waals surface area (Å²) in [7, 11) is -3.47. The molecule has 4 heterocycles. The van der Waals surface area contributed by atoms with Crippen LogP contribution in [0.5, 0.6) is 5.75 Å². The van der Waals surface area contributed by atoms with Crippen LogP contribution >= 0.6 is 0 Å². The van der Waals surface area contributed by atoms with Crippen LogP contribution < -0.4 is 15.8 Å². The van der Waals surface area contributed by atoms with Gasteiger partial charge >= 0.3 is 0 Å². The van der Waals surface area contributed by atoms with Crippen molar-refractivity contribution in [2.75, 3.05) is 17.7 Å². The van der Waals surface area contributed by atoms with E-state index in [0.29, 0.717) is 35.9 Å². The van der Waals surface area contributed by atoms with Crippen LogP contribution in [0.4, 0.5) is 11.6 Å². The summed E-state index contributed by atoms with van der Waals surface area (Å²) in [5.41, 5.74) is 7.97. The summed E-state index contributed by atoms with van der Waals surface area (Å²) >= 11 is 0. The number of hydrogen-bond donors (Lipinski definition) is 2. The van der Waals surface area contributed by atoms with Crippen molar-refractivity contribution in [1.29, 1.82) is 0 Å². The van der Waals surface area contributed by atoms with E-state index in [4.69, 9.17) is 15.5 Å². The van der Waals surface area contributed by atoms with Gasteiger partial charge in [0.15, 0.2) is 15.7 Å². The summed E-state index contributed by atoms with van der Waals surface area (Å²) in [6.45, 7) is 3.79. The highest BCUT2D eigenvalue weighted by atomic mass is 32.2. The lowest BCUT2D eigenvalue weighted by Gasteiger charge is -2.47. The van der Waals surface area contributed by atoms with Crippen LogP contribution in [0.1, 0.15) is 37.8 Å². The Balaban J connectivity index is 1.31. The topological polar surface area (TPSA) is 132 Å². The van der Waals surface area contributed by atoms with Gasteiger partial charge in [-0.1, -0.05) is 5.92 Å². The van der Waals surface area contributed by atoms with Gasteiger partial charge in [0.1, 0.15) is 39.8 Å². The fourth-order valence-corrected chi connectivity index (χ4v) is 7.63. The number of anilines is 2. The van der Waals surface area contributed by atoms with Gasteiger partial charge in [0.05, 0.1) is 11.9 Å². The van der Waals surface area contributed by atoms with E-state index >= 15 is 0 Å². The number of rotatable bonds is 5. The molecule has 3 aromatic heterocycles. The Morgan fingerprint density at radius 1 is 1.22 bits per heavy atom. The Labute approximate surface area is 209 Å². The number of fused-ring (bicyclic) bond motifs is 3. The standard InChI is InChI=1S/C26H26N6O3S/c1-3-4-9-35-19-10-16-7-8-28-23(22(16)30-14-19)31-21-11-20-17(13-29-21)12-26(20)15-36(33,34)25(2,18-5-6-18)24(27)32-26/h7-8,10-11,13-14,18H,5-6,9,12,15H2,1-2H3,(H2,27,32)(H,28,29,31)/t25-,26-/m0/s1. The fraction of sp³-hybridized carbons (Fsp3) is 0.385. The Kier molecular flexibility index (Phi) is 4.99. The number of nitrogens with one attached hydrogen (secondary N) is 1. The molecule has 0 saturated heterocycles. The van der Waals surface area contributed by atoms with Crippen molar-refractivity contribution in [3.63, 3.8) is 0 Å². The molecule has 2 atom stereocenters. The highest BCUT2D eigenvalue weighted by molar-refractivity contribution is 7.93. The quantitative estimate of drug-likeness (QED) is 0.509. The highest BCUT2D eigenvalue weighted by Crippen LogP contribution is 2.53. The average Bonchev–Trinajstić information content (AvgIpc) is 3.69. The first-order valence-corrected chi connectivity index (χ1v) is 13.5. The summed E-state index contributed by atoms with van der Waals surface area (Å²) in [5.74, 6) is 7.61. The summed E-state index contributed by atoms with van der Waals surface area (Å²) in [4.78, 5) is 18.3. The third-order valence-electron chi connectivity index (χ3n) is 7.55. The summed E-state index contributed by atoms with van der Waals surface area (Å²) in [6, 6.07) is 5.59. The van der Waals surface area contributed by atoms with E-state index in [0.717, 1.165) is 29.4 Å². The van der Waals surface area contributed by atoms with Crippen molar-refractivity contribution in [2.24, 2.45) is 16.6 Å². The molecular weight excluding hydrogens is 476 g/mol. The van der Waals surface area contributed by atoms with Crippen LogP contribution in [0.15, 0.2) is 41.8 Å². The Morgan fingerprint density at radius 2 is 2.06 bits per heavy atom. The molecule has 3 N–H and O–H groups in total. The van der Waals surface area contributed by atoms with Gasteiger partial charge in [-0.3, -0.25) is 4.99 Å². The largest absolute Gasteiger partial charge is 0.479 e. The maximum absolute atomic E-state index is 13.4. The first-order chi connectivity index (χ1) is 17.3. The second-order valence-electron chi connectivity index (χ2n) is 9.82. The number of aliphatic imine (C=N–C) groups is 1. The highest BCUT2D eigenvalue weighted by Gasteiger charge is 2.61. The minimum absolute atomic E-state index is 0.0383. The van der Waals surface area contributed by atoms with Gasteiger partial charge in [-0.05, 0) is 61.9 Å². The molecule has 1 fully saturated rings.